The normalized spacial score (nSPS) is 16.0. The fourth-order valence-corrected chi connectivity index (χ4v) is 2.48. The summed E-state index contributed by atoms with van der Waals surface area (Å²) in [6, 6.07) is -4.74. The second kappa shape index (κ2) is 11.4. The Morgan fingerprint density at radius 2 is 1.83 bits per heavy atom. The Balaban J connectivity index is 2.71. The number of hydrogen-bond donors (Lipinski definition) is 8. The molecule has 0 bridgehead atoms. The van der Waals surface area contributed by atoms with Crippen LogP contribution in [0, 0.1) is 0 Å². The number of carbonyl (C=O) groups is 4. The van der Waals surface area contributed by atoms with Gasteiger partial charge in [0.25, 0.3) is 0 Å². The van der Waals surface area contributed by atoms with Crippen LogP contribution in [0.1, 0.15) is 19.5 Å². The lowest BCUT2D eigenvalue weighted by Gasteiger charge is -2.25. The number of H-pyrrole nitrogens is 1. The number of nitrogens with zero attached hydrogens (tertiary/aromatic N) is 1. The highest BCUT2D eigenvalue weighted by Gasteiger charge is 2.31. The monoisotopic (exact) mass is 430 g/mol. The van der Waals surface area contributed by atoms with Gasteiger partial charge >= 0.3 is 5.97 Å². The van der Waals surface area contributed by atoms with E-state index in [9.17, 15) is 24.3 Å². The molecule has 12 nitrogen and oxygen atoms in total. The maximum absolute atomic E-state index is 12.4. The molecule has 1 aromatic heterocycles. The zero-order chi connectivity index (χ0) is 22.1. The number of aliphatic carboxylic acids is 1. The summed E-state index contributed by atoms with van der Waals surface area (Å²) in [4.78, 5) is 54.3. The summed E-state index contributed by atoms with van der Waals surface area (Å²) in [5.41, 5.74) is 6.45. The van der Waals surface area contributed by atoms with Gasteiger partial charge in [0.2, 0.25) is 17.7 Å². The molecule has 29 heavy (non-hydrogen) atoms. The molecule has 162 valence electrons. The fourth-order valence-electron chi connectivity index (χ4n) is 2.22. The molecule has 0 spiro atoms. The van der Waals surface area contributed by atoms with E-state index in [0.717, 1.165) is 0 Å². The van der Waals surface area contributed by atoms with Gasteiger partial charge in [-0.15, -0.1) is 0 Å². The molecule has 0 saturated heterocycles. The van der Waals surface area contributed by atoms with Gasteiger partial charge in [-0.1, -0.05) is 0 Å². The predicted molar refractivity (Wildman–Crippen MR) is 105 cm³/mol. The van der Waals surface area contributed by atoms with Gasteiger partial charge in [0.05, 0.1) is 18.5 Å². The van der Waals surface area contributed by atoms with Crippen LogP contribution in [-0.2, 0) is 25.6 Å². The van der Waals surface area contributed by atoms with Crippen LogP contribution in [-0.4, -0.2) is 79.9 Å². The van der Waals surface area contributed by atoms with Crippen molar-refractivity contribution in [2.24, 2.45) is 5.73 Å². The summed E-state index contributed by atoms with van der Waals surface area (Å²) in [6.07, 6.45) is 1.80. The SMILES string of the molecule is CC(NC(=O)C(NC(=O)C(CS)NC(=O)C(N)Cc1cnc[nH]1)C(C)O)C(=O)O. The maximum Gasteiger partial charge on any atom is 0.325 e. The van der Waals surface area contributed by atoms with E-state index in [0.29, 0.717) is 5.69 Å². The van der Waals surface area contributed by atoms with Crippen LogP contribution in [0.5, 0.6) is 0 Å². The average Bonchev–Trinajstić information content (AvgIpc) is 3.15. The van der Waals surface area contributed by atoms with Gasteiger partial charge in [-0.25, -0.2) is 4.98 Å². The van der Waals surface area contributed by atoms with Gasteiger partial charge in [-0.05, 0) is 13.8 Å². The van der Waals surface area contributed by atoms with E-state index in [1.165, 1.54) is 26.4 Å². The molecule has 13 heteroatoms. The first-order valence-corrected chi connectivity index (χ1v) is 9.35. The summed E-state index contributed by atoms with van der Waals surface area (Å²) in [5.74, 6) is -3.67. The summed E-state index contributed by atoms with van der Waals surface area (Å²) in [6.45, 7) is 2.49. The second-order valence-electron chi connectivity index (χ2n) is 6.43. The lowest BCUT2D eigenvalue weighted by atomic mass is 10.1. The number of amides is 3. The second-order valence-corrected chi connectivity index (χ2v) is 6.79. The largest absolute Gasteiger partial charge is 0.480 e. The minimum absolute atomic E-state index is 0.103. The molecule has 1 aromatic rings. The number of thiol groups is 1. The van der Waals surface area contributed by atoms with Crippen molar-refractivity contribution in [2.45, 2.75) is 50.5 Å². The van der Waals surface area contributed by atoms with Crippen LogP contribution in [0.4, 0.5) is 0 Å². The summed E-state index contributed by atoms with van der Waals surface area (Å²) < 4.78 is 0. The van der Waals surface area contributed by atoms with Crippen molar-refractivity contribution >= 4 is 36.3 Å². The summed E-state index contributed by atoms with van der Waals surface area (Å²) in [7, 11) is 0. The zero-order valence-corrected chi connectivity index (χ0v) is 16.8. The number of aromatic nitrogens is 2. The highest BCUT2D eigenvalue weighted by atomic mass is 32.1. The topological polar surface area (TPSA) is 200 Å². The first-order chi connectivity index (χ1) is 13.6. The molecular formula is C16H26N6O6S. The molecule has 0 aliphatic carbocycles. The minimum Gasteiger partial charge on any atom is -0.480 e. The molecule has 5 unspecified atom stereocenters. The number of nitrogens with one attached hydrogen (secondary N) is 4. The number of aromatic amines is 1. The maximum atomic E-state index is 12.4. The van der Waals surface area contributed by atoms with E-state index in [1.807, 2.05) is 0 Å². The quantitative estimate of drug-likeness (QED) is 0.171. The molecule has 1 rings (SSSR count). The van der Waals surface area contributed by atoms with E-state index in [1.54, 1.807) is 0 Å². The molecule has 8 N–H and O–H groups in total. The van der Waals surface area contributed by atoms with Crippen molar-refractivity contribution in [1.82, 2.24) is 25.9 Å². The minimum atomic E-state index is -1.43. The van der Waals surface area contributed by atoms with Crippen molar-refractivity contribution in [3.05, 3.63) is 18.2 Å². The van der Waals surface area contributed by atoms with Crippen molar-refractivity contribution < 1.29 is 29.4 Å². The summed E-state index contributed by atoms with van der Waals surface area (Å²) >= 11 is 4.02. The molecule has 0 fully saturated rings. The van der Waals surface area contributed by atoms with Gasteiger partial charge in [0.1, 0.15) is 18.1 Å². The lowest BCUT2D eigenvalue weighted by molar-refractivity contribution is -0.142. The van der Waals surface area contributed by atoms with Gasteiger partial charge in [0.15, 0.2) is 0 Å². The number of rotatable bonds is 11. The van der Waals surface area contributed by atoms with Crippen molar-refractivity contribution in [2.75, 3.05) is 5.75 Å². The number of nitrogens with two attached hydrogens (primary N) is 1. The van der Waals surface area contributed by atoms with E-state index >= 15 is 0 Å². The highest BCUT2D eigenvalue weighted by Crippen LogP contribution is 2.00. The van der Waals surface area contributed by atoms with Gasteiger partial charge < -0.3 is 36.9 Å². The van der Waals surface area contributed by atoms with Crippen molar-refractivity contribution in [3.63, 3.8) is 0 Å². The van der Waals surface area contributed by atoms with Crippen LogP contribution in [0.3, 0.4) is 0 Å². The highest BCUT2D eigenvalue weighted by molar-refractivity contribution is 7.80. The lowest BCUT2D eigenvalue weighted by Crippen LogP contribution is -2.60. The Morgan fingerprint density at radius 1 is 1.17 bits per heavy atom. The van der Waals surface area contributed by atoms with E-state index < -0.39 is 54.0 Å². The first-order valence-electron chi connectivity index (χ1n) is 8.72. The third-order valence-electron chi connectivity index (χ3n) is 3.94. The number of hydrogen-bond acceptors (Lipinski definition) is 8. The van der Waals surface area contributed by atoms with Gasteiger partial charge in [0, 0.05) is 24.1 Å². The molecule has 0 radical (unpaired) electrons. The Bertz CT molecular complexity index is 713. The first kappa shape index (κ1) is 24.4. The third kappa shape index (κ3) is 7.71. The van der Waals surface area contributed by atoms with Crippen LogP contribution in [0.2, 0.25) is 0 Å². The molecule has 0 saturated carbocycles. The van der Waals surface area contributed by atoms with E-state index in [4.69, 9.17) is 10.8 Å². The molecule has 0 aliphatic rings. The molecule has 3 amide bonds. The molecule has 0 aromatic carbocycles. The third-order valence-corrected chi connectivity index (χ3v) is 4.30. The number of carboxylic acids is 1. The fraction of sp³-hybridized carbons (Fsp3) is 0.562. The zero-order valence-electron chi connectivity index (χ0n) is 16.0. The van der Waals surface area contributed by atoms with Crippen molar-refractivity contribution in [1.29, 1.82) is 0 Å². The van der Waals surface area contributed by atoms with Crippen molar-refractivity contribution in [3.8, 4) is 0 Å². The number of carbonyl (C=O) groups excluding carboxylic acids is 3. The van der Waals surface area contributed by atoms with Crippen LogP contribution in [0.25, 0.3) is 0 Å². The Kier molecular flexibility index (Phi) is 9.58. The van der Waals surface area contributed by atoms with Gasteiger partial charge in [-0.3, -0.25) is 19.2 Å². The van der Waals surface area contributed by atoms with Crippen LogP contribution < -0.4 is 21.7 Å². The molecule has 5 atom stereocenters. The molecule has 0 aliphatic heterocycles. The number of aliphatic hydroxyl groups is 1. The Labute approximate surface area is 172 Å². The standard InChI is InChI=1S/C16H26N6O6S/c1-7(16(27)28)20-15(26)12(8(2)23)22-14(25)11(5-29)21-13(24)10(17)3-9-4-18-6-19-9/h4,6-8,10-12,23,29H,3,5,17H2,1-2H3,(H,18,19)(H,20,26)(H,21,24)(H,22,25)(H,27,28). The number of carboxylic acid groups (broad SMARTS) is 1. The number of aliphatic hydroxyl groups excluding tert-OH is 1. The predicted octanol–water partition coefficient (Wildman–Crippen LogP) is -2.85. The molecule has 1 heterocycles. The van der Waals surface area contributed by atoms with E-state index in [2.05, 4.69) is 38.5 Å². The summed E-state index contributed by atoms with van der Waals surface area (Å²) in [5, 5.41) is 25.5. The smallest absolute Gasteiger partial charge is 0.325 e. The van der Waals surface area contributed by atoms with E-state index in [-0.39, 0.29) is 12.2 Å². The Hall–Kier alpha value is -2.64. The van der Waals surface area contributed by atoms with Crippen LogP contribution in [0.15, 0.2) is 12.5 Å². The van der Waals surface area contributed by atoms with Crippen LogP contribution >= 0.6 is 12.6 Å². The molecular weight excluding hydrogens is 404 g/mol. The number of imidazole rings is 1. The Morgan fingerprint density at radius 3 is 2.31 bits per heavy atom. The average molecular weight is 430 g/mol. The van der Waals surface area contributed by atoms with Gasteiger partial charge in [-0.2, -0.15) is 12.6 Å².